The number of esters is 2. The van der Waals surface area contributed by atoms with Gasteiger partial charge >= 0.3 is 11.9 Å². The number of halogens is 4. The van der Waals surface area contributed by atoms with Gasteiger partial charge in [-0.2, -0.15) is 0 Å². The lowest BCUT2D eigenvalue weighted by Gasteiger charge is -2.12. The second-order valence-corrected chi connectivity index (χ2v) is 8.30. The molecule has 0 aliphatic heterocycles. The molecular weight excluding hydrogens is 524 g/mol. The zero-order valence-corrected chi connectivity index (χ0v) is 22.2. The molecule has 0 bridgehead atoms. The Hall–Kier alpha value is -4.48. The molecule has 1 heterocycles. The van der Waals surface area contributed by atoms with E-state index in [1.54, 1.807) is 0 Å². The molecule has 0 spiro atoms. The number of pyridine rings is 1. The number of aliphatic hydroxyl groups excluding tert-OH is 1. The van der Waals surface area contributed by atoms with Crippen LogP contribution in [0.25, 0.3) is 16.7 Å². The Morgan fingerprint density at radius 3 is 2.08 bits per heavy atom. The van der Waals surface area contributed by atoms with Crippen molar-refractivity contribution in [3.8, 4) is 0 Å². The fourth-order valence-corrected chi connectivity index (χ4v) is 3.87. The fourth-order valence-electron chi connectivity index (χ4n) is 3.87. The Morgan fingerprint density at radius 2 is 1.54 bits per heavy atom. The molecule has 0 aliphatic rings. The standard InChI is InChI=1S/C14H15F2NO3.C13H11F2NO3/c1-7-5-10(15)12(16)8(2)11(7)13(18)9(6-17-3)14(19)20-4;1-6-10-9(4-8(14)11(6)15)16(2)5-7(12(10)17)13(18)19-3/h5-6,18H,1-4H3;4-5H,1-3H3. The SMILES string of the molecule is CN=CC(C(=O)OC)=C(O)c1c(C)cc(F)c(F)c1C.COC(=O)c1cn(C)c2cc(F)c(F)c(C)c2c1=O. The van der Waals surface area contributed by atoms with Crippen LogP contribution in [0.3, 0.4) is 0 Å². The van der Waals surface area contributed by atoms with Gasteiger partial charge in [-0.05, 0) is 38.0 Å². The zero-order chi connectivity index (χ0) is 29.8. The number of aliphatic hydroxyl groups is 1. The summed E-state index contributed by atoms with van der Waals surface area (Å²) >= 11 is 0. The molecule has 12 heteroatoms. The summed E-state index contributed by atoms with van der Waals surface area (Å²) in [5.41, 5.74) is -0.773. The third kappa shape index (κ3) is 6.00. The smallest absolute Gasteiger partial charge is 0.343 e. The summed E-state index contributed by atoms with van der Waals surface area (Å²) < 4.78 is 64.2. The monoisotopic (exact) mass is 550 g/mol. The van der Waals surface area contributed by atoms with E-state index in [4.69, 9.17) is 0 Å². The summed E-state index contributed by atoms with van der Waals surface area (Å²) in [5, 5.41) is 10.2. The minimum Gasteiger partial charge on any atom is -0.506 e. The highest BCUT2D eigenvalue weighted by atomic mass is 19.2. The number of nitrogens with zero attached hydrogens (tertiary/aromatic N) is 2. The highest BCUT2D eigenvalue weighted by Crippen LogP contribution is 2.27. The lowest BCUT2D eigenvalue weighted by atomic mass is 9.97. The van der Waals surface area contributed by atoms with E-state index in [-0.39, 0.29) is 38.7 Å². The summed E-state index contributed by atoms with van der Waals surface area (Å²) in [4.78, 5) is 38.9. The third-order valence-corrected chi connectivity index (χ3v) is 5.82. The maximum absolute atomic E-state index is 13.6. The van der Waals surface area contributed by atoms with Crippen LogP contribution in [0.2, 0.25) is 0 Å². The number of aryl methyl sites for hydroxylation is 3. The average Bonchev–Trinajstić information content (AvgIpc) is 2.90. The average molecular weight is 551 g/mol. The zero-order valence-electron chi connectivity index (χ0n) is 22.2. The molecule has 0 radical (unpaired) electrons. The van der Waals surface area contributed by atoms with Crippen molar-refractivity contribution in [3.63, 3.8) is 0 Å². The number of rotatable bonds is 4. The van der Waals surface area contributed by atoms with E-state index in [1.807, 2.05) is 0 Å². The van der Waals surface area contributed by atoms with Gasteiger partial charge in [0.1, 0.15) is 16.9 Å². The van der Waals surface area contributed by atoms with Crippen molar-refractivity contribution in [2.45, 2.75) is 20.8 Å². The van der Waals surface area contributed by atoms with Crippen molar-refractivity contribution in [1.29, 1.82) is 0 Å². The van der Waals surface area contributed by atoms with Crippen LogP contribution in [-0.4, -0.2) is 49.1 Å². The van der Waals surface area contributed by atoms with Crippen LogP contribution in [-0.2, 0) is 21.3 Å². The molecule has 2 aromatic carbocycles. The Balaban J connectivity index is 0.000000274. The van der Waals surface area contributed by atoms with Gasteiger partial charge < -0.3 is 19.1 Å². The van der Waals surface area contributed by atoms with Crippen molar-refractivity contribution in [1.82, 2.24) is 4.57 Å². The number of benzene rings is 2. The van der Waals surface area contributed by atoms with Crippen LogP contribution in [0.4, 0.5) is 17.6 Å². The molecule has 208 valence electrons. The van der Waals surface area contributed by atoms with Gasteiger partial charge in [-0.25, -0.2) is 27.2 Å². The summed E-state index contributed by atoms with van der Waals surface area (Å²) in [6, 6.07) is 1.88. The minimum atomic E-state index is -1.09. The van der Waals surface area contributed by atoms with Gasteiger partial charge in [-0.1, -0.05) is 0 Å². The molecule has 0 fully saturated rings. The fraction of sp³-hybridized carbons (Fsp3) is 0.259. The van der Waals surface area contributed by atoms with Gasteiger partial charge in [-0.3, -0.25) is 9.79 Å². The van der Waals surface area contributed by atoms with E-state index in [1.165, 1.54) is 45.6 Å². The lowest BCUT2D eigenvalue weighted by molar-refractivity contribution is -0.135. The molecule has 0 amide bonds. The van der Waals surface area contributed by atoms with Gasteiger partial charge in [-0.15, -0.1) is 0 Å². The number of methoxy groups -OCH3 is 2. The number of carbonyl (C=O) groups excluding carboxylic acids is 2. The Bertz CT molecular complexity index is 1590. The molecule has 0 atom stereocenters. The topological polar surface area (TPSA) is 107 Å². The number of aliphatic imine (C=N–C) groups is 1. The van der Waals surface area contributed by atoms with Crippen LogP contribution in [0, 0.1) is 44.0 Å². The first-order chi connectivity index (χ1) is 18.2. The maximum atomic E-state index is 13.6. The number of ether oxygens (including phenoxy) is 2. The van der Waals surface area contributed by atoms with Crippen LogP contribution in [0.5, 0.6) is 0 Å². The first kappa shape index (κ1) is 30.7. The second-order valence-electron chi connectivity index (χ2n) is 8.30. The minimum absolute atomic E-state index is 0.0238. The molecule has 1 aromatic heterocycles. The molecule has 0 unspecified atom stereocenters. The Labute approximate surface area is 220 Å². The third-order valence-electron chi connectivity index (χ3n) is 5.82. The number of fused-ring (bicyclic) bond motifs is 1. The normalized spacial score (nSPS) is 11.7. The predicted octanol–water partition coefficient (Wildman–Crippen LogP) is 4.64. The molecule has 0 saturated carbocycles. The lowest BCUT2D eigenvalue weighted by Crippen LogP contribution is -2.20. The molecule has 3 rings (SSSR count). The van der Waals surface area contributed by atoms with Gasteiger partial charge in [0.05, 0.1) is 25.1 Å². The first-order valence-corrected chi connectivity index (χ1v) is 11.2. The first-order valence-electron chi connectivity index (χ1n) is 11.2. The summed E-state index contributed by atoms with van der Waals surface area (Å²) in [6.07, 6.45) is 2.34. The van der Waals surface area contributed by atoms with E-state index in [0.717, 1.165) is 32.6 Å². The van der Waals surface area contributed by atoms with Crippen LogP contribution >= 0.6 is 0 Å². The largest absolute Gasteiger partial charge is 0.506 e. The van der Waals surface area contributed by atoms with Gasteiger partial charge in [0.25, 0.3) is 0 Å². The van der Waals surface area contributed by atoms with Gasteiger partial charge in [0.15, 0.2) is 23.3 Å². The quantitative estimate of drug-likeness (QED) is 0.167. The predicted molar refractivity (Wildman–Crippen MR) is 137 cm³/mol. The van der Waals surface area contributed by atoms with Gasteiger partial charge in [0.2, 0.25) is 5.43 Å². The molecule has 3 aromatic rings. The number of carbonyl (C=O) groups is 2. The van der Waals surface area contributed by atoms with E-state index < -0.39 is 46.4 Å². The van der Waals surface area contributed by atoms with Crippen molar-refractivity contribution < 1.29 is 41.7 Å². The van der Waals surface area contributed by atoms with Crippen LogP contribution < -0.4 is 5.43 Å². The molecular formula is C27H26F4N2O6. The van der Waals surface area contributed by atoms with Crippen molar-refractivity contribution in [2.75, 3.05) is 21.3 Å². The summed E-state index contributed by atoms with van der Waals surface area (Å²) in [6.45, 7) is 4.11. The second kappa shape index (κ2) is 12.4. The molecule has 1 N–H and O–H groups in total. The summed E-state index contributed by atoms with van der Waals surface area (Å²) in [7, 11) is 5.22. The van der Waals surface area contributed by atoms with Crippen molar-refractivity contribution in [2.24, 2.45) is 12.0 Å². The highest BCUT2D eigenvalue weighted by molar-refractivity contribution is 6.15. The highest BCUT2D eigenvalue weighted by Gasteiger charge is 2.22. The summed E-state index contributed by atoms with van der Waals surface area (Å²) in [5.74, 6) is -6.35. The Kier molecular flexibility index (Phi) is 9.76. The van der Waals surface area contributed by atoms with Crippen molar-refractivity contribution >= 4 is 34.8 Å². The molecule has 8 nitrogen and oxygen atoms in total. The van der Waals surface area contributed by atoms with E-state index in [2.05, 4.69) is 14.5 Å². The number of hydrogen-bond donors (Lipinski definition) is 1. The molecule has 0 aliphatic carbocycles. The van der Waals surface area contributed by atoms with Crippen LogP contribution in [0.15, 0.2) is 33.7 Å². The Morgan fingerprint density at radius 1 is 0.974 bits per heavy atom. The van der Waals surface area contributed by atoms with E-state index in [9.17, 15) is 37.1 Å². The number of aromatic nitrogens is 1. The van der Waals surface area contributed by atoms with Crippen molar-refractivity contribution in [3.05, 3.63) is 85.2 Å². The molecule has 39 heavy (non-hydrogen) atoms. The maximum Gasteiger partial charge on any atom is 0.343 e. The van der Waals surface area contributed by atoms with Crippen LogP contribution in [0.1, 0.15) is 32.6 Å². The van der Waals surface area contributed by atoms with E-state index in [0.29, 0.717) is 5.56 Å². The number of hydrogen-bond acceptors (Lipinski definition) is 7. The van der Waals surface area contributed by atoms with Gasteiger partial charge in [0, 0.05) is 43.7 Å². The van der Waals surface area contributed by atoms with E-state index >= 15 is 0 Å². The molecule has 0 saturated heterocycles.